The van der Waals surface area contributed by atoms with E-state index >= 15 is 0 Å². The lowest BCUT2D eigenvalue weighted by molar-refractivity contribution is 0.0674. The minimum absolute atomic E-state index is 0. The number of nitrogens with two attached hydrogens (primary N) is 1. The summed E-state index contributed by atoms with van der Waals surface area (Å²) in [6.45, 7) is 11.5. The zero-order chi connectivity index (χ0) is 11.8. The van der Waals surface area contributed by atoms with Gasteiger partial charge < -0.3 is 20.3 Å². The topological polar surface area (TPSA) is 54.1 Å². The van der Waals surface area contributed by atoms with Gasteiger partial charge in [0.1, 0.15) is 0 Å². The molecule has 0 amide bonds. The Morgan fingerprint density at radius 3 is 2.41 bits per heavy atom. The van der Waals surface area contributed by atoms with Crippen molar-refractivity contribution < 1.29 is 4.74 Å². The number of hydrogen-bond donors (Lipinski definition) is 1. The molecule has 1 heterocycles. The number of morpholine rings is 1. The van der Waals surface area contributed by atoms with Gasteiger partial charge in [-0.3, -0.25) is 4.99 Å². The van der Waals surface area contributed by atoms with E-state index in [9.17, 15) is 0 Å². The summed E-state index contributed by atoms with van der Waals surface area (Å²) < 4.78 is 5.27. The second kappa shape index (κ2) is 9.90. The fraction of sp³-hybridized carbons (Fsp3) is 0.909. The van der Waals surface area contributed by atoms with Crippen molar-refractivity contribution in [3.05, 3.63) is 0 Å². The molecule has 17 heavy (non-hydrogen) atoms. The number of rotatable bonds is 5. The van der Waals surface area contributed by atoms with E-state index in [-0.39, 0.29) is 24.0 Å². The van der Waals surface area contributed by atoms with Crippen molar-refractivity contribution in [3.63, 3.8) is 0 Å². The SMILES string of the molecule is CCN(CC)CCN=C(N)N1CCOCC1.I. The number of ether oxygens (including phenoxy) is 1. The standard InChI is InChI=1S/C11H24N4O.HI/c1-3-14(4-2)6-5-13-11(12)15-7-9-16-10-8-15;/h3-10H2,1-2H3,(H2,12,13);1H. The van der Waals surface area contributed by atoms with Crippen LogP contribution in [0.1, 0.15) is 13.8 Å². The van der Waals surface area contributed by atoms with E-state index in [2.05, 4.69) is 28.6 Å². The Bertz CT molecular complexity index is 216. The van der Waals surface area contributed by atoms with Crippen molar-refractivity contribution in [3.8, 4) is 0 Å². The van der Waals surface area contributed by atoms with Crippen molar-refractivity contribution in [2.75, 3.05) is 52.5 Å². The summed E-state index contributed by atoms with van der Waals surface area (Å²) in [4.78, 5) is 8.84. The molecule has 6 heteroatoms. The average molecular weight is 356 g/mol. The van der Waals surface area contributed by atoms with Gasteiger partial charge in [-0.25, -0.2) is 0 Å². The molecule has 0 radical (unpaired) electrons. The van der Waals surface area contributed by atoms with Crippen molar-refractivity contribution in [1.82, 2.24) is 9.80 Å². The Morgan fingerprint density at radius 2 is 1.88 bits per heavy atom. The first-order chi connectivity index (χ1) is 7.77. The van der Waals surface area contributed by atoms with Crippen LogP contribution >= 0.6 is 24.0 Å². The van der Waals surface area contributed by atoms with Crippen LogP contribution in [-0.2, 0) is 4.74 Å². The van der Waals surface area contributed by atoms with E-state index in [0.717, 1.165) is 52.5 Å². The monoisotopic (exact) mass is 356 g/mol. The zero-order valence-corrected chi connectivity index (χ0v) is 13.2. The highest BCUT2D eigenvalue weighted by atomic mass is 127. The van der Waals surface area contributed by atoms with Crippen LogP contribution in [0.25, 0.3) is 0 Å². The first-order valence-electron chi connectivity index (χ1n) is 6.12. The van der Waals surface area contributed by atoms with Gasteiger partial charge in [0.2, 0.25) is 0 Å². The van der Waals surface area contributed by atoms with Crippen molar-refractivity contribution in [1.29, 1.82) is 0 Å². The lowest BCUT2D eigenvalue weighted by Gasteiger charge is -2.27. The lowest BCUT2D eigenvalue weighted by atomic mass is 10.4. The summed E-state index contributed by atoms with van der Waals surface area (Å²) >= 11 is 0. The smallest absolute Gasteiger partial charge is 0.191 e. The van der Waals surface area contributed by atoms with Gasteiger partial charge in [-0.15, -0.1) is 24.0 Å². The quantitative estimate of drug-likeness (QED) is 0.445. The minimum Gasteiger partial charge on any atom is -0.378 e. The largest absolute Gasteiger partial charge is 0.378 e. The zero-order valence-electron chi connectivity index (χ0n) is 10.9. The molecular formula is C11H25IN4O. The van der Waals surface area contributed by atoms with Crippen LogP contribution in [0.15, 0.2) is 4.99 Å². The van der Waals surface area contributed by atoms with Gasteiger partial charge in [0.25, 0.3) is 0 Å². The molecule has 0 aromatic heterocycles. The summed E-state index contributed by atoms with van der Waals surface area (Å²) in [5.41, 5.74) is 5.92. The van der Waals surface area contributed by atoms with Crippen LogP contribution in [0.4, 0.5) is 0 Å². The molecule has 0 unspecified atom stereocenters. The Balaban J connectivity index is 0.00000256. The number of aliphatic imine (C=N–C) groups is 1. The third kappa shape index (κ3) is 6.42. The second-order valence-corrected chi connectivity index (χ2v) is 3.87. The Kier molecular flexibility index (Phi) is 9.85. The molecule has 5 nitrogen and oxygen atoms in total. The molecule has 1 aliphatic heterocycles. The summed E-state index contributed by atoms with van der Waals surface area (Å²) in [6, 6.07) is 0. The van der Waals surface area contributed by atoms with Crippen LogP contribution in [0.5, 0.6) is 0 Å². The highest BCUT2D eigenvalue weighted by Crippen LogP contribution is 1.96. The maximum atomic E-state index is 5.92. The molecule has 0 aliphatic carbocycles. The average Bonchev–Trinajstić information content (AvgIpc) is 2.35. The molecule has 0 aromatic rings. The van der Waals surface area contributed by atoms with E-state index < -0.39 is 0 Å². The molecule has 0 saturated carbocycles. The third-order valence-electron chi connectivity index (χ3n) is 2.92. The summed E-state index contributed by atoms with van der Waals surface area (Å²) in [6.07, 6.45) is 0. The molecule has 2 N–H and O–H groups in total. The molecule has 1 fully saturated rings. The maximum absolute atomic E-state index is 5.92. The molecule has 1 rings (SSSR count). The fourth-order valence-corrected chi connectivity index (χ4v) is 1.74. The van der Waals surface area contributed by atoms with Crippen molar-refractivity contribution >= 4 is 29.9 Å². The maximum Gasteiger partial charge on any atom is 0.191 e. The first-order valence-corrected chi connectivity index (χ1v) is 6.12. The van der Waals surface area contributed by atoms with Crippen molar-refractivity contribution in [2.45, 2.75) is 13.8 Å². The van der Waals surface area contributed by atoms with E-state index in [1.54, 1.807) is 0 Å². The van der Waals surface area contributed by atoms with E-state index in [1.807, 2.05) is 0 Å². The second-order valence-electron chi connectivity index (χ2n) is 3.87. The highest BCUT2D eigenvalue weighted by Gasteiger charge is 2.11. The number of nitrogens with zero attached hydrogens (tertiary/aromatic N) is 3. The van der Waals surface area contributed by atoms with E-state index in [1.165, 1.54) is 0 Å². The Hall–Kier alpha value is -0.0800. The predicted octanol–water partition coefficient (Wildman–Crippen LogP) is 0.593. The van der Waals surface area contributed by atoms with Gasteiger partial charge in [0.05, 0.1) is 19.8 Å². The molecule has 0 atom stereocenters. The Labute approximate surface area is 121 Å². The molecule has 1 saturated heterocycles. The van der Waals surface area contributed by atoms with Gasteiger partial charge in [-0.1, -0.05) is 13.8 Å². The first kappa shape index (κ1) is 16.9. The van der Waals surface area contributed by atoms with Gasteiger partial charge in [-0.2, -0.15) is 0 Å². The van der Waals surface area contributed by atoms with Crippen LogP contribution in [0, 0.1) is 0 Å². The summed E-state index contributed by atoms with van der Waals surface area (Å²) in [5.74, 6) is 0.662. The fourth-order valence-electron chi connectivity index (χ4n) is 1.74. The molecule has 0 spiro atoms. The van der Waals surface area contributed by atoms with Crippen LogP contribution in [0.3, 0.4) is 0 Å². The lowest BCUT2D eigenvalue weighted by Crippen LogP contribution is -2.45. The number of hydrogen-bond acceptors (Lipinski definition) is 3. The van der Waals surface area contributed by atoms with E-state index in [4.69, 9.17) is 10.5 Å². The van der Waals surface area contributed by atoms with Gasteiger partial charge in [0.15, 0.2) is 5.96 Å². The number of guanidine groups is 1. The van der Waals surface area contributed by atoms with Gasteiger partial charge in [0, 0.05) is 19.6 Å². The van der Waals surface area contributed by atoms with Crippen LogP contribution < -0.4 is 5.73 Å². The molecule has 1 aliphatic rings. The normalized spacial score (nSPS) is 17.1. The summed E-state index contributed by atoms with van der Waals surface area (Å²) in [5, 5.41) is 0. The minimum atomic E-state index is 0. The number of likely N-dealkylation sites (N-methyl/N-ethyl adjacent to an activating group) is 1. The highest BCUT2D eigenvalue weighted by molar-refractivity contribution is 14.0. The molecule has 102 valence electrons. The van der Waals surface area contributed by atoms with E-state index in [0.29, 0.717) is 5.96 Å². The Morgan fingerprint density at radius 1 is 1.29 bits per heavy atom. The number of halogens is 1. The van der Waals surface area contributed by atoms with Crippen LogP contribution in [0.2, 0.25) is 0 Å². The van der Waals surface area contributed by atoms with Crippen molar-refractivity contribution in [2.24, 2.45) is 10.7 Å². The van der Waals surface area contributed by atoms with Gasteiger partial charge in [-0.05, 0) is 13.1 Å². The summed E-state index contributed by atoms with van der Waals surface area (Å²) in [7, 11) is 0. The third-order valence-corrected chi connectivity index (χ3v) is 2.92. The molecular weight excluding hydrogens is 331 g/mol. The molecule has 0 aromatic carbocycles. The van der Waals surface area contributed by atoms with Gasteiger partial charge >= 0.3 is 0 Å². The van der Waals surface area contributed by atoms with Crippen LogP contribution in [-0.4, -0.2) is 68.2 Å². The predicted molar refractivity (Wildman–Crippen MR) is 82.1 cm³/mol. The molecule has 0 bridgehead atoms.